The van der Waals surface area contributed by atoms with Crippen molar-refractivity contribution < 1.29 is 14.3 Å². The molecule has 1 unspecified atom stereocenters. The number of hydrogen-bond acceptors (Lipinski definition) is 5. The Balaban J connectivity index is 2.83. The standard InChI is InChI=1S/C11H14BrN3O3/c1-6(10(16)15(2)3)18-11(17)7-4-9(13)14-5-8(7)12/h4-6H,1-3H3,(H2,13,14). The van der Waals surface area contributed by atoms with Gasteiger partial charge in [-0.1, -0.05) is 0 Å². The van der Waals surface area contributed by atoms with Crippen LogP contribution in [0.3, 0.4) is 0 Å². The summed E-state index contributed by atoms with van der Waals surface area (Å²) >= 11 is 3.17. The van der Waals surface area contributed by atoms with E-state index in [9.17, 15) is 9.59 Å². The summed E-state index contributed by atoms with van der Waals surface area (Å²) in [6.07, 6.45) is 0.554. The second kappa shape index (κ2) is 5.81. The highest BCUT2D eigenvalue weighted by Crippen LogP contribution is 2.19. The van der Waals surface area contributed by atoms with Gasteiger partial charge in [-0.05, 0) is 28.9 Å². The molecule has 1 atom stereocenters. The highest BCUT2D eigenvalue weighted by Gasteiger charge is 2.21. The number of ether oxygens (including phenoxy) is 1. The summed E-state index contributed by atoms with van der Waals surface area (Å²) in [6, 6.07) is 1.39. The molecule has 0 saturated heterocycles. The van der Waals surface area contributed by atoms with Crippen LogP contribution in [0, 0.1) is 0 Å². The first-order chi connectivity index (χ1) is 8.32. The molecule has 6 nitrogen and oxygen atoms in total. The molecule has 0 aliphatic carbocycles. The smallest absolute Gasteiger partial charge is 0.340 e. The Morgan fingerprint density at radius 3 is 2.67 bits per heavy atom. The van der Waals surface area contributed by atoms with Gasteiger partial charge in [0.15, 0.2) is 6.10 Å². The third-order valence-electron chi connectivity index (χ3n) is 2.17. The Bertz CT molecular complexity index is 477. The molecule has 1 aromatic heterocycles. The fourth-order valence-corrected chi connectivity index (χ4v) is 1.63. The number of carbonyl (C=O) groups excluding carboxylic acids is 2. The van der Waals surface area contributed by atoms with Crippen LogP contribution in [0.2, 0.25) is 0 Å². The second-order valence-corrected chi connectivity index (χ2v) is 4.72. The van der Waals surface area contributed by atoms with Crippen molar-refractivity contribution in [3.05, 3.63) is 22.3 Å². The van der Waals surface area contributed by atoms with Crippen molar-refractivity contribution in [2.24, 2.45) is 0 Å². The molecule has 18 heavy (non-hydrogen) atoms. The zero-order valence-corrected chi connectivity index (χ0v) is 11.9. The molecule has 0 saturated carbocycles. The first kappa shape index (κ1) is 14.4. The van der Waals surface area contributed by atoms with Crippen molar-refractivity contribution in [3.8, 4) is 0 Å². The maximum absolute atomic E-state index is 11.8. The van der Waals surface area contributed by atoms with Crippen LogP contribution in [0.15, 0.2) is 16.7 Å². The SMILES string of the molecule is CC(OC(=O)c1cc(N)ncc1Br)C(=O)N(C)C. The van der Waals surface area contributed by atoms with Crippen LogP contribution in [-0.4, -0.2) is 42.0 Å². The number of pyridine rings is 1. The topological polar surface area (TPSA) is 85.5 Å². The quantitative estimate of drug-likeness (QED) is 0.843. The van der Waals surface area contributed by atoms with Crippen molar-refractivity contribution in [1.82, 2.24) is 9.88 Å². The van der Waals surface area contributed by atoms with Crippen LogP contribution in [-0.2, 0) is 9.53 Å². The highest BCUT2D eigenvalue weighted by molar-refractivity contribution is 9.10. The van der Waals surface area contributed by atoms with E-state index in [4.69, 9.17) is 10.5 Å². The summed E-state index contributed by atoms with van der Waals surface area (Å²) in [5.41, 5.74) is 5.73. The molecule has 0 aromatic carbocycles. The molecule has 7 heteroatoms. The van der Waals surface area contributed by atoms with Gasteiger partial charge in [0.2, 0.25) is 0 Å². The van der Waals surface area contributed by atoms with Gasteiger partial charge < -0.3 is 15.4 Å². The number of aromatic nitrogens is 1. The lowest BCUT2D eigenvalue weighted by atomic mass is 10.2. The number of nitrogen functional groups attached to an aromatic ring is 1. The monoisotopic (exact) mass is 315 g/mol. The number of hydrogen-bond donors (Lipinski definition) is 1. The average Bonchev–Trinajstić information content (AvgIpc) is 2.30. The summed E-state index contributed by atoms with van der Waals surface area (Å²) < 4.78 is 5.52. The second-order valence-electron chi connectivity index (χ2n) is 3.87. The van der Waals surface area contributed by atoms with E-state index in [0.717, 1.165) is 0 Å². The molecule has 2 N–H and O–H groups in total. The molecule has 0 fully saturated rings. The van der Waals surface area contributed by atoms with Gasteiger partial charge in [0.05, 0.1) is 10.0 Å². The number of amides is 1. The molecule has 0 aliphatic rings. The number of nitrogens with two attached hydrogens (primary N) is 1. The number of likely N-dealkylation sites (N-methyl/N-ethyl adjacent to an activating group) is 1. The zero-order valence-electron chi connectivity index (χ0n) is 10.3. The van der Waals surface area contributed by atoms with Gasteiger partial charge >= 0.3 is 5.97 Å². The minimum absolute atomic E-state index is 0.205. The summed E-state index contributed by atoms with van der Waals surface area (Å²) in [7, 11) is 3.18. The maximum Gasteiger partial charge on any atom is 0.340 e. The zero-order chi connectivity index (χ0) is 13.9. The minimum Gasteiger partial charge on any atom is -0.449 e. The average molecular weight is 316 g/mol. The Morgan fingerprint density at radius 2 is 2.11 bits per heavy atom. The number of rotatable bonds is 3. The van der Waals surface area contributed by atoms with E-state index in [2.05, 4.69) is 20.9 Å². The van der Waals surface area contributed by atoms with E-state index in [1.54, 1.807) is 14.1 Å². The molecule has 0 radical (unpaired) electrons. The predicted octanol–water partition coefficient (Wildman–Crippen LogP) is 1.06. The van der Waals surface area contributed by atoms with Gasteiger partial charge in [0.1, 0.15) is 5.82 Å². The van der Waals surface area contributed by atoms with Gasteiger partial charge in [-0.25, -0.2) is 9.78 Å². The first-order valence-corrected chi connectivity index (χ1v) is 5.95. The summed E-state index contributed by atoms with van der Waals surface area (Å²) in [5.74, 6) is -0.711. The van der Waals surface area contributed by atoms with Gasteiger partial charge in [-0.15, -0.1) is 0 Å². The van der Waals surface area contributed by atoms with Crippen molar-refractivity contribution in [3.63, 3.8) is 0 Å². The molecule has 0 aliphatic heterocycles. The molecular formula is C11H14BrN3O3. The Kier molecular flexibility index (Phi) is 4.66. The Labute approximate surface area is 113 Å². The highest BCUT2D eigenvalue weighted by atomic mass is 79.9. The number of nitrogens with zero attached hydrogens (tertiary/aromatic N) is 2. The third-order valence-corrected chi connectivity index (χ3v) is 2.80. The van der Waals surface area contributed by atoms with Crippen molar-refractivity contribution in [2.45, 2.75) is 13.0 Å². The molecule has 1 heterocycles. The predicted molar refractivity (Wildman–Crippen MR) is 69.9 cm³/mol. The van der Waals surface area contributed by atoms with Gasteiger partial charge in [0, 0.05) is 20.3 Å². The lowest BCUT2D eigenvalue weighted by Gasteiger charge is -2.17. The van der Waals surface area contributed by atoms with E-state index >= 15 is 0 Å². The third kappa shape index (κ3) is 3.43. The molecule has 1 aromatic rings. The van der Waals surface area contributed by atoms with Gasteiger partial charge in [-0.2, -0.15) is 0 Å². The van der Waals surface area contributed by atoms with Crippen LogP contribution in [0.5, 0.6) is 0 Å². The van der Waals surface area contributed by atoms with Crippen LogP contribution in [0.1, 0.15) is 17.3 Å². The number of esters is 1. The van der Waals surface area contributed by atoms with Crippen LogP contribution >= 0.6 is 15.9 Å². The number of halogens is 1. The fraction of sp³-hybridized carbons (Fsp3) is 0.364. The van der Waals surface area contributed by atoms with Crippen LogP contribution in [0.25, 0.3) is 0 Å². The van der Waals surface area contributed by atoms with E-state index < -0.39 is 12.1 Å². The molecular weight excluding hydrogens is 302 g/mol. The van der Waals surface area contributed by atoms with E-state index in [-0.39, 0.29) is 17.3 Å². The normalized spacial score (nSPS) is 11.8. The summed E-state index contributed by atoms with van der Waals surface area (Å²) in [5, 5.41) is 0. The maximum atomic E-state index is 11.8. The summed E-state index contributed by atoms with van der Waals surface area (Å²) in [4.78, 5) is 28.6. The fourth-order valence-electron chi connectivity index (χ4n) is 1.25. The minimum atomic E-state index is -0.853. The van der Waals surface area contributed by atoms with Gasteiger partial charge in [-0.3, -0.25) is 4.79 Å². The first-order valence-electron chi connectivity index (χ1n) is 5.16. The molecule has 0 bridgehead atoms. The Hall–Kier alpha value is -1.63. The van der Waals surface area contributed by atoms with Crippen molar-refractivity contribution in [2.75, 3.05) is 19.8 Å². The van der Waals surface area contributed by atoms with E-state index in [1.807, 2.05) is 0 Å². The Morgan fingerprint density at radius 1 is 1.50 bits per heavy atom. The lowest BCUT2D eigenvalue weighted by Crippen LogP contribution is -2.35. The lowest BCUT2D eigenvalue weighted by molar-refractivity contribution is -0.137. The number of anilines is 1. The van der Waals surface area contributed by atoms with Crippen LogP contribution in [0.4, 0.5) is 5.82 Å². The van der Waals surface area contributed by atoms with Crippen molar-refractivity contribution >= 4 is 33.6 Å². The van der Waals surface area contributed by atoms with Gasteiger partial charge in [0.25, 0.3) is 5.91 Å². The molecule has 1 rings (SSSR count). The molecule has 0 spiro atoms. The molecule has 98 valence electrons. The van der Waals surface area contributed by atoms with E-state index in [0.29, 0.717) is 4.47 Å². The number of carbonyl (C=O) groups is 2. The molecule has 1 amide bonds. The van der Waals surface area contributed by atoms with E-state index in [1.165, 1.54) is 24.1 Å². The van der Waals surface area contributed by atoms with Crippen molar-refractivity contribution in [1.29, 1.82) is 0 Å². The largest absolute Gasteiger partial charge is 0.449 e. The van der Waals surface area contributed by atoms with Crippen LogP contribution < -0.4 is 5.73 Å². The summed E-state index contributed by atoms with van der Waals surface area (Å²) in [6.45, 7) is 1.51.